The molecule has 31 heavy (non-hydrogen) atoms. The topological polar surface area (TPSA) is 107 Å². The first kappa shape index (κ1) is 21.5. The Morgan fingerprint density at radius 2 is 1.81 bits per heavy atom. The summed E-state index contributed by atoms with van der Waals surface area (Å²) in [6.45, 7) is -0.0643. The van der Waals surface area contributed by atoms with Crippen LogP contribution in [-0.4, -0.2) is 50.1 Å². The zero-order chi connectivity index (χ0) is 22.0. The highest BCUT2D eigenvalue weighted by Crippen LogP contribution is 2.45. The van der Waals surface area contributed by atoms with Crippen molar-refractivity contribution in [3.8, 4) is 0 Å². The molecule has 0 radical (unpaired) electrons. The lowest BCUT2D eigenvalue weighted by atomic mass is 10.0. The maximum absolute atomic E-state index is 12.7. The third kappa shape index (κ3) is 4.48. The van der Waals surface area contributed by atoms with Crippen molar-refractivity contribution in [1.82, 2.24) is 10.2 Å². The molecule has 0 aliphatic carbocycles. The number of β-lactam (4-membered cyclic amide) rings is 1. The molecule has 0 unspecified atom stereocenters. The molecule has 0 spiro atoms. The molecule has 0 bridgehead atoms. The van der Waals surface area contributed by atoms with Crippen LogP contribution in [0, 0.1) is 0 Å². The van der Waals surface area contributed by atoms with Crippen LogP contribution >= 0.6 is 23.5 Å². The van der Waals surface area contributed by atoms with Gasteiger partial charge in [0.25, 0.3) is 5.91 Å². The van der Waals surface area contributed by atoms with Crippen LogP contribution in [0.5, 0.6) is 0 Å². The van der Waals surface area contributed by atoms with Crippen LogP contribution in [0.25, 0.3) is 0 Å². The molecular weight excluding hydrogens is 436 g/mol. The lowest BCUT2D eigenvalue weighted by Gasteiger charge is -2.49. The number of nitrogens with zero attached hydrogens (tertiary/aromatic N) is 1. The number of carbonyl (C=O) groups excluding carboxylic acids is 2. The van der Waals surface area contributed by atoms with E-state index in [9.17, 15) is 19.5 Å². The van der Waals surface area contributed by atoms with Gasteiger partial charge in [0, 0.05) is 15.6 Å². The van der Waals surface area contributed by atoms with Crippen molar-refractivity contribution in [3.05, 3.63) is 76.3 Å². The van der Waals surface area contributed by atoms with E-state index in [1.54, 1.807) is 12.1 Å². The minimum atomic E-state index is -1.16. The smallest absolute Gasteiger partial charge is 0.353 e. The first-order valence-corrected chi connectivity index (χ1v) is 11.5. The lowest BCUT2D eigenvalue weighted by Crippen LogP contribution is -2.70. The summed E-state index contributed by atoms with van der Waals surface area (Å²) in [5.74, 6) is -1.42. The molecule has 2 amide bonds. The molecule has 2 atom stereocenters. The highest BCUT2D eigenvalue weighted by Gasteiger charge is 2.54. The van der Waals surface area contributed by atoms with Gasteiger partial charge in [-0.05, 0) is 23.3 Å². The number of hydrogen-bond acceptors (Lipinski definition) is 6. The van der Waals surface area contributed by atoms with E-state index in [2.05, 4.69) is 5.32 Å². The third-order valence-electron chi connectivity index (χ3n) is 5.01. The van der Waals surface area contributed by atoms with Gasteiger partial charge in [-0.15, -0.1) is 11.8 Å². The van der Waals surface area contributed by atoms with Crippen LogP contribution in [0.3, 0.4) is 0 Å². The van der Waals surface area contributed by atoms with Crippen molar-refractivity contribution in [2.75, 3.05) is 5.75 Å². The summed E-state index contributed by atoms with van der Waals surface area (Å²) in [5.41, 5.74) is 1.58. The quantitative estimate of drug-likeness (QED) is 0.549. The minimum absolute atomic E-state index is 0.0291. The van der Waals surface area contributed by atoms with E-state index >= 15 is 0 Å². The van der Waals surface area contributed by atoms with Crippen molar-refractivity contribution >= 4 is 41.3 Å². The van der Waals surface area contributed by atoms with Crippen molar-refractivity contribution in [1.29, 1.82) is 0 Å². The van der Waals surface area contributed by atoms with Gasteiger partial charge in [-0.1, -0.05) is 54.2 Å². The normalized spacial score (nSPS) is 20.2. The molecule has 0 saturated carbocycles. The molecule has 160 valence electrons. The number of carboxylic acid groups (broad SMARTS) is 1. The monoisotopic (exact) mass is 456 g/mol. The van der Waals surface area contributed by atoms with Crippen LogP contribution in [0.2, 0.25) is 0 Å². The second-order valence-corrected chi connectivity index (χ2v) is 9.37. The van der Waals surface area contributed by atoms with E-state index in [-0.39, 0.29) is 24.6 Å². The number of fused-ring (bicyclic) bond motifs is 1. The number of carbonyl (C=O) groups is 3. The molecule has 0 aromatic heterocycles. The molecule has 4 rings (SSSR count). The van der Waals surface area contributed by atoms with E-state index in [1.165, 1.54) is 28.4 Å². The van der Waals surface area contributed by atoms with E-state index in [0.29, 0.717) is 10.7 Å². The maximum atomic E-state index is 12.7. The number of aliphatic hydroxyl groups is 1. The highest BCUT2D eigenvalue weighted by atomic mass is 32.2. The van der Waals surface area contributed by atoms with E-state index in [0.717, 1.165) is 16.0 Å². The van der Waals surface area contributed by atoms with E-state index < -0.39 is 23.3 Å². The SMILES string of the molecule is O=C(Cc1ccccc1)N[C@@H]1C(=O)N2C(C(=O)O)=C(Sc3ccc(CO)cc3)CS[C@H]12. The highest BCUT2D eigenvalue weighted by molar-refractivity contribution is 8.06. The second-order valence-electron chi connectivity index (χ2n) is 7.10. The van der Waals surface area contributed by atoms with E-state index in [4.69, 9.17) is 5.11 Å². The Labute approximate surface area is 187 Å². The fourth-order valence-corrected chi connectivity index (χ4v) is 5.95. The first-order chi connectivity index (χ1) is 15.0. The van der Waals surface area contributed by atoms with Gasteiger partial charge in [0.1, 0.15) is 17.1 Å². The zero-order valence-corrected chi connectivity index (χ0v) is 18.0. The average molecular weight is 457 g/mol. The Balaban J connectivity index is 1.47. The molecule has 3 N–H and O–H groups in total. The number of aliphatic carboxylic acids is 1. The first-order valence-electron chi connectivity index (χ1n) is 9.60. The number of nitrogens with one attached hydrogen (secondary N) is 1. The summed E-state index contributed by atoms with van der Waals surface area (Å²) in [5, 5.41) is 21.3. The summed E-state index contributed by atoms with van der Waals surface area (Å²) in [6, 6.07) is 15.7. The summed E-state index contributed by atoms with van der Waals surface area (Å²) in [7, 11) is 0. The number of carboxylic acids is 1. The van der Waals surface area contributed by atoms with Crippen molar-refractivity contribution in [2.45, 2.75) is 29.3 Å². The Kier molecular flexibility index (Phi) is 6.35. The van der Waals surface area contributed by atoms with E-state index in [1.807, 2.05) is 42.5 Å². The number of rotatable bonds is 7. The maximum Gasteiger partial charge on any atom is 0.353 e. The summed E-state index contributed by atoms with van der Waals surface area (Å²) < 4.78 is 0. The predicted molar refractivity (Wildman–Crippen MR) is 118 cm³/mol. The summed E-state index contributed by atoms with van der Waals surface area (Å²) in [4.78, 5) is 39.8. The molecule has 2 heterocycles. The van der Waals surface area contributed by atoms with Crippen LogP contribution < -0.4 is 5.32 Å². The molecule has 2 aromatic rings. The molecule has 2 aromatic carbocycles. The number of aliphatic hydroxyl groups excluding tert-OH is 1. The van der Waals surface area contributed by atoms with Gasteiger partial charge >= 0.3 is 5.97 Å². The van der Waals surface area contributed by atoms with Crippen molar-refractivity contribution < 1.29 is 24.6 Å². The number of amides is 2. The molecular formula is C22H20N2O5S2. The van der Waals surface area contributed by atoms with Crippen molar-refractivity contribution in [2.24, 2.45) is 0 Å². The fourth-order valence-electron chi connectivity index (χ4n) is 3.48. The summed E-state index contributed by atoms with van der Waals surface area (Å²) in [6.07, 6.45) is 0.161. The van der Waals surface area contributed by atoms with Gasteiger partial charge in [-0.3, -0.25) is 14.5 Å². The Morgan fingerprint density at radius 1 is 1.10 bits per heavy atom. The largest absolute Gasteiger partial charge is 0.477 e. The second kappa shape index (κ2) is 9.17. The van der Waals surface area contributed by atoms with Gasteiger partial charge in [0.15, 0.2) is 0 Å². The van der Waals surface area contributed by atoms with Crippen molar-refractivity contribution in [3.63, 3.8) is 0 Å². The van der Waals surface area contributed by atoms with Gasteiger partial charge in [-0.2, -0.15) is 0 Å². The molecule has 2 aliphatic heterocycles. The number of benzene rings is 2. The Hall–Kier alpha value is -2.75. The molecule has 2 aliphatic rings. The fraction of sp³-hybridized carbons (Fsp3) is 0.227. The third-order valence-corrected chi connectivity index (χ3v) is 7.56. The predicted octanol–water partition coefficient (Wildman–Crippen LogP) is 2.21. The van der Waals surface area contributed by atoms with Gasteiger partial charge in [0.05, 0.1) is 13.0 Å². The Morgan fingerprint density at radius 3 is 2.45 bits per heavy atom. The average Bonchev–Trinajstić information content (AvgIpc) is 2.78. The van der Waals surface area contributed by atoms with Crippen LogP contribution in [0.4, 0.5) is 0 Å². The standard InChI is InChI=1S/C22H20N2O5S2/c25-11-14-6-8-15(9-7-14)31-16-12-30-21-18(20(27)24(21)19(16)22(28)29)23-17(26)10-13-4-2-1-3-5-13/h1-9,18,21,25H,10-12H2,(H,23,26)(H,28,29)/t18-,21-/m1/s1. The van der Waals surface area contributed by atoms with Gasteiger partial charge < -0.3 is 15.5 Å². The van der Waals surface area contributed by atoms with Gasteiger partial charge in [0.2, 0.25) is 5.91 Å². The number of hydrogen-bond donors (Lipinski definition) is 3. The van der Waals surface area contributed by atoms with Crippen LogP contribution in [0.15, 0.2) is 70.1 Å². The zero-order valence-electron chi connectivity index (χ0n) is 16.4. The van der Waals surface area contributed by atoms with Crippen LogP contribution in [0.1, 0.15) is 11.1 Å². The van der Waals surface area contributed by atoms with Crippen LogP contribution in [-0.2, 0) is 27.4 Å². The summed E-state index contributed by atoms with van der Waals surface area (Å²) >= 11 is 2.73. The molecule has 1 saturated heterocycles. The molecule has 9 heteroatoms. The Bertz CT molecular complexity index is 1040. The number of thioether (sulfide) groups is 2. The lowest BCUT2D eigenvalue weighted by molar-refractivity contribution is -0.150. The molecule has 7 nitrogen and oxygen atoms in total. The van der Waals surface area contributed by atoms with Gasteiger partial charge in [-0.25, -0.2) is 4.79 Å². The molecule has 1 fully saturated rings. The minimum Gasteiger partial charge on any atom is -0.477 e.